The summed E-state index contributed by atoms with van der Waals surface area (Å²) in [4.78, 5) is 23.6. The van der Waals surface area contributed by atoms with Gasteiger partial charge in [0.25, 0.3) is 0 Å². The molecule has 6 nitrogen and oxygen atoms in total. The van der Waals surface area contributed by atoms with Crippen LogP contribution in [0.5, 0.6) is 0 Å². The van der Waals surface area contributed by atoms with Crippen molar-refractivity contribution in [1.82, 2.24) is 29.9 Å². The number of hydrogen-bond acceptors (Lipinski definition) is 6. The van der Waals surface area contributed by atoms with Crippen LogP contribution in [0.15, 0.2) is 147 Å². The first kappa shape index (κ1) is 63.1. The number of aromatic nitrogens is 6. The first-order valence-corrected chi connectivity index (χ1v) is 24.8. The van der Waals surface area contributed by atoms with Gasteiger partial charge in [0.05, 0.1) is 0 Å². The number of rotatable bonds is 7. The molecule has 0 radical (unpaired) electrons. The van der Waals surface area contributed by atoms with Crippen molar-refractivity contribution in [3.63, 3.8) is 0 Å². The van der Waals surface area contributed by atoms with Gasteiger partial charge in [0, 0.05) is 47.4 Å². The average molecular weight is 996 g/mol. The third kappa shape index (κ3) is 27.9. The van der Waals surface area contributed by atoms with Gasteiger partial charge in [-0.3, -0.25) is 9.97 Å². The van der Waals surface area contributed by atoms with Crippen molar-refractivity contribution >= 4 is 11.6 Å². The molecule has 0 saturated heterocycles. The van der Waals surface area contributed by atoms with Gasteiger partial charge >= 0.3 is 6.18 Å². The summed E-state index contributed by atoms with van der Waals surface area (Å²) >= 11 is 5.72. The Morgan fingerprint density at radius 1 is 0.408 bits per heavy atom. The molecular weight excluding hydrogens is 916 g/mol. The van der Waals surface area contributed by atoms with Crippen molar-refractivity contribution in [1.29, 1.82) is 0 Å². The molecule has 0 amide bonds. The number of benzene rings is 3. The molecule has 11 heteroatoms. The second-order valence-electron chi connectivity index (χ2n) is 19.0. The van der Waals surface area contributed by atoms with Crippen LogP contribution in [0, 0.1) is 19.7 Å². The van der Waals surface area contributed by atoms with Crippen LogP contribution < -0.4 is 0 Å². The van der Waals surface area contributed by atoms with Gasteiger partial charge in [-0.1, -0.05) is 175 Å². The maximum absolute atomic E-state index is 12.4. The quantitative estimate of drug-likeness (QED) is 0.148. The van der Waals surface area contributed by atoms with Crippen molar-refractivity contribution in [2.45, 2.75) is 158 Å². The Balaban J connectivity index is 0.000000415. The van der Waals surface area contributed by atoms with Crippen molar-refractivity contribution in [2.75, 3.05) is 0 Å². The molecule has 0 aliphatic rings. The zero-order valence-electron chi connectivity index (χ0n) is 45.0. The van der Waals surface area contributed by atoms with Crippen LogP contribution in [-0.2, 0) is 6.18 Å². The van der Waals surface area contributed by atoms with E-state index in [0.717, 1.165) is 33.9 Å². The van der Waals surface area contributed by atoms with Gasteiger partial charge in [0.15, 0.2) is 0 Å². The minimum absolute atomic E-state index is 0.163. The molecule has 0 atom stereocenters. The summed E-state index contributed by atoms with van der Waals surface area (Å²) in [5.74, 6) is 4.24. The van der Waals surface area contributed by atoms with E-state index in [4.69, 9.17) is 11.6 Å². The van der Waals surface area contributed by atoms with Crippen LogP contribution >= 0.6 is 11.6 Å². The number of aryl methyl sites for hydroxylation is 2. The lowest BCUT2D eigenvalue weighted by atomic mass is 10.0. The molecule has 384 valence electrons. The zero-order valence-corrected chi connectivity index (χ0v) is 45.7. The fourth-order valence-corrected chi connectivity index (χ4v) is 5.74. The van der Waals surface area contributed by atoms with E-state index in [9.17, 15) is 17.6 Å². The molecule has 7 rings (SSSR count). The van der Waals surface area contributed by atoms with Crippen LogP contribution in [-0.4, -0.2) is 29.9 Å². The third-order valence-electron chi connectivity index (χ3n) is 10.5. The standard InChI is InChI=1S/C9H11Cl.C9H10F3N.C9H11F.C9H13N.C9H12.C8H12N2.C7H10N2/c1-7(2)8-3-5-9(10)6-4-8;1-6(2)7-3-4-8(13-5-7)9(10,11)12;1-7(2)8-3-5-9(10)6-4-8;1-7(2)9-5-4-8(3)10-6-9;1-8(2)9-6-4-3-5-7-9;1-6(2)8-4-9-7(3)10-5-8;1-6(2)7-3-4-8-5-9-7/h3-7H,1-2H3;3-6H,1-2H3;3-7H,1-2H3;4-7H,1-3H3;3-8H,1-2H3;4-6H,1-3H3;3-6H,1-2H3. The summed E-state index contributed by atoms with van der Waals surface area (Å²) in [6.07, 6.45) is 5.99. The van der Waals surface area contributed by atoms with Crippen LogP contribution in [0.4, 0.5) is 17.6 Å². The number of alkyl halides is 3. The zero-order chi connectivity index (χ0) is 53.7. The number of pyridine rings is 2. The Labute approximate surface area is 429 Å². The molecule has 0 saturated carbocycles. The van der Waals surface area contributed by atoms with Crippen LogP contribution in [0.25, 0.3) is 0 Å². The molecule has 4 aromatic heterocycles. The average Bonchev–Trinajstić information content (AvgIpc) is 3.33. The Kier molecular flexibility index (Phi) is 29.9. The minimum Gasteiger partial charge on any atom is -0.261 e. The molecule has 0 bridgehead atoms. The van der Waals surface area contributed by atoms with Crippen LogP contribution in [0.1, 0.15) is 195 Å². The van der Waals surface area contributed by atoms with Crippen LogP contribution in [0.3, 0.4) is 0 Å². The second-order valence-corrected chi connectivity index (χ2v) is 19.4. The van der Waals surface area contributed by atoms with Gasteiger partial charge < -0.3 is 0 Å². The van der Waals surface area contributed by atoms with Gasteiger partial charge in [-0.25, -0.2) is 24.3 Å². The Hall–Kier alpha value is -5.87. The smallest absolute Gasteiger partial charge is 0.261 e. The molecule has 0 fully saturated rings. The maximum atomic E-state index is 12.4. The summed E-state index contributed by atoms with van der Waals surface area (Å²) < 4.78 is 48.5. The highest BCUT2D eigenvalue weighted by molar-refractivity contribution is 6.30. The molecule has 4 heterocycles. The van der Waals surface area contributed by atoms with Gasteiger partial charge in [0.2, 0.25) is 0 Å². The topological polar surface area (TPSA) is 77.3 Å². The van der Waals surface area contributed by atoms with Crippen molar-refractivity contribution in [3.8, 4) is 0 Å². The van der Waals surface area contributed by atoms with Gasteiger partial charge in [0.1, 0.15) is 23.7 Å². The molecule has 0 aliphatic heterocycles. The Bertz CT molecular complexity index is 2150. The monoisotopic (exact) mass is 995 g/mol. The molecule has 0 spiro atoms. The predicted molar refractivity (Wildman–Crippen MR) is 290 cm³/mol. The van der Waals surface area contributed by atoms with E-state index in [-0.39, 0.29) is 11.7 Å². The molecule has 0 N–H and O–H groups in total. The van der Waals surface area contributed by atoms with E-state index in [1.807, 2.05) is 82.7 Å². The normalized spacial score (nSPS) is 10.6. The molecule has 0 aliphatic carbocycles. The van der Waals surface area contributed by atoms with Gasteiger partial charge in [-0.2, -0.15) is 13.2 Å². The highest BCUT2D eigenvalue weighted by atomic mass is 35.5. The maximum Gasteiger partial charge on any atom is 0.433 e. The van der Waals surface area contributed by atoms with E-state index >= 15 is 0 Å². The van der Waals surface area contributed by atoms with E-state index in [0.29, 0.717) is 35.5 Å². The summed E-state index contributed by atoms with van der Waals surface area (Å²) in [5.41, 5.74) is 8.61. The lowest BCUT2D eigenvalue weighted by Crippen LogP contribution is -2.07. The lowest BCUT2D eigenvalue weighted by molar-refractivity contribution is -0.141. The molecule has 3 aromatic carbocycles. The summed E-state index contributed by atoms with van der Waals surface area (Å²) in [6, 6.07) is 33.7. The van der Waals surface area contributed by atoms with Crippen molar-refractivity contribution in [2.24, 2.45) is 0 Å². The highest BCUT2D eigenvalue weighted by Crippen LogP contribution is 2.28. The molecule has 71 heavy (non-hydrogen) atoms. The fraction of sp³-hybridized carbons (Fsp3) is 0.400. The number of hydrogen-bond donors (Lipinski definition) is 0. The SMILES string of the molecule is CC(C)c1ccc(C(F)(F)F)nc1.CC(C)c1ccc(Cl)cc1.CC(C)c1ccc(F)cc1.CC(C)c1ccccc1.CC(C)c1ccncn1.Cc1ccc(C(C)C)cn1.Cc1ncc(C(C)C)cn1. The van der Waals surface area contributed by atoms with Crippen LogP contribution in [0.2, 0.25) is 5.02 Å². The second kappa shape index (κ2) is 33.7. The highest BCUT2D eigenvalue weighted by Gasteiger charge is 2.32. The Morgan fingerprint density at radius 2 is 0.817 bits per heavy atom. The lowest BCUT2D eigenvalue weighted by Gasteiger charge is -2.07. The number of nitrogens with zero attached hydrogens (tertiary/aromatic N) is 6. The first-order chi connectivity index (χ1) is 33.3. The van der Waals surface area contributed by atoms with E-state index < -0.39 is 11.9 Å². The third-order valence-corrected chi connectivity index (χ3v) is 10.8. The molecular formula is C60H79ClF4N6. The van der Waals surface area contributed by atoms with Gasteiger partial charge in [-0.15, -0.1) is 0 Å². The van der Waals surface area contributed by atoms with E-state index in [1.54, 1.807) is 12.5 Å². The summed E-state index contributed by atoms with van der Waals surface area (Å²) in [7, 11) is 0. The minimum atomic E-state index is -4.34. The van der Waals surface area contributed by atoms with E-state index in [1.165, 1.54) is 52.2 Å². The Morgan fingerprint density at radius 3 is 1.15 bits per heavy atom. The summed E-state index contributed by atoms with van der Waals surface area (Å²) in [5, 5.41) is 0.810. The fourth-order valence-electron chi connectivity index (χ4n) is 5.61. The summed E-state index contributed by atoms with van der Waals surface area (Å²) in [6.45, 7) is 33.5. The predicted octanol–water partition coefficient (Wildman–Crippen LogP) is 18.5. The van der Waals surface area contributed by atoms with E-state index in [2.05, 4.69) is 162 Å². The van der Waals surface area contributed by atoms with Crippen molar-refractivity contribution < 1.29 is 17.6 Å². The van der Waals surface area contributed by atoms with Crippen molar-refractivity contribution in [3.05, 3.63) is 214 Å². The largest absolute Gasteiger partial charge is 0.433 e. The molecule has 7 aromatic rings. The molecule has 0 unspecified atom stereocenters. The first-order valence-electron chi connectivity index (χ1n) is 24.4. The van der Waals surface area contributed by atoms with Gasteiger partial charge in [-0.05, 0) is 131 Å². The number of halogens is 5.